The van der Waals surface area contributed by atoms with Gasteiger partial charge in [0.25, 0.3) is 0 Å². The molecule has 0 radical (unpaired) electrons. The first-order valence-corrected chi connectivity index (χ1v) is 4.48. The third-order valence-electron chi connectivity index (χ3n) is 2.11. The van der Waals surface area contributed by atoms with E-state index in [-0.39, 0.29) is 0 Å². The van der Waals surface area contributed by atoms with Gasteiger partial charge in [-0.1, -0.05) is 0 Å². The second-order valence-corrected chi connectivity index (χ2v) is 3.42. The maximum absolute atomic E-state index is 5.88. The van der Waals surface area contributed by atoms with E-state index in [1.807, 2.05) is 0 Å². The average molecular weight is 212 g/mol. The van der Waals surface area contributed by atoms with Crippen molar-refractivity contribution in [3.8, 4) is 0 Å². The van der Waals surface area contributed by atoms with Crippen LogP contribution in [-0.4, -0.2) is 16.5 Å². The number of hydrogen-bond acceptors (Lipinski definition) is 4. The van der Waals surface area contributed by atoms with Gasteiger partial charge in [0.1, 0.15) is 5.69 Å². The minimum absolute atomic E-state index is 0.545. The average Bonchev–Trinajstić information content (AvgIpc) is 2.18. The Bertz CT molecular complexity index is 392. The summed E-state index contributed by atoms with van der Waals surface area (Å²) in [6, 6.07) is 1.75. The van der Waals surface area contributed by atoms with Gasteiger partial charge in [0, 0.05) is 29.2 Å². The Morgan fingerprint density at radius 3 is 3.14 bits per heavy atom. The first kappa shape index (κ1) is 9.15. The van der Waals surface area contributed by atoms with Gasteiger partial charge in [-0.15, -0.1) is 0 Å². The van der Waals surface area contributed by atoms with Crippen molar-refractivity contribution in [3.05, 3.63) is 29.7 Å². The summed E-state index contributed by atoms with van der Waals surface area (Å²) in [4.78, 5) is 4.21. The molecule has 0 saturated carbocycles. The Morgan fingerprint density at radius 2 is 2.43 bits per heavy atom. The lowest BCUT2D eigenvalue weighted by molar-refractivity contribution is 0.355. The monoisotopic (exact) mass is 211 g/mol. The minimum atomic E-state index is 0.545. The predicted octanol–water partition coefficient (Wildman–Crippen LogP) is 1.58. The van der Waals surface area contributed by atoms with Crippen molar-refractivity contribution in [1.82, 2.24) is 9.40 Å². The molecule has 0 aliphatic carbocycles. The van der Waals surface area contributed by atoms with E-state index >= 15 is 0 Å². The number of halogens is 1. The highest BCUT2D eigenvalue weighted by atomic mass is 35.5. The number of ether oxygens (including phenoxy) is 1. The number of rotatable bonds is 1. The normalized spacial score (nSPS) is 14.7. The summed E-state index contributed by atoms with van der Waals surface area (Å²) in [6.45, 7) is 0.545. The number of aromatic nitrogens is 1. The second-order valence-electron chi connectivity index (χ2n) is 2.98. The number of methoxy groups -OCH3 is 1. The van der Waals surface area contributed by atoms with Crippen molar-refractivity contribution in [1.29, 1.82) is 0 Å². The van der Waals surface area contributed by atoms with Crippen molar-refractivity contribution < 1.29 is 4.74 Å². The molecule has 2 heterocycles. The Morgan fingerprint density at radius 1 is 1.64 bits per heavy atom. The molecule has 4 nitrogen and oxygen atoms in total. The first-order chi connectivity index (χ1) is 6.72. The summed E-state index contributed by atoms with van der Waals surface area (Å²) < 4.78 is 6.66. The highest BCUT2D eigenvalue weighted by molar-refractivity contribution is 6.14. The molecule has 0 amide bonds. The molecule has 1 aromatic heterocycles. The van der Waals surface area contributed by atoms with Crippen molar-refractivity contribution in [2.45, 2.75) is 6.54 Å². The maximum Gasteiger partial charge on any atom is 0.162 e. The number of hydrogen-bond donors (Lipinski definition) is 1. The van der Waals surface area contributed by atoms with Crippen LogP contribution in [0, 0.1) is 0 Å². The fourth-order valence-electron chi connectivity index (χ4n) is 1.42. The molecular weight excluding hydrogens is 202 g/mol. The van der Waals surface area contributed by atoms with Crippen molar-refractivity contribution in [2.75, 3.05) is 12.8 Å². The largest absolute Gasteiger partial charge is 0.493 e. The smallest absolute Gasteiger partial charge is 0.162 e. The van der Waals surface area contributed by atoms with E-state index in [0.717, 1.165) is 11.3 Å². The van der Waals surface area contributed by atoms with Gasteiger partial charge < -0.3 is 10.5 Å². The van der Waals surface area contributed by atoms with Gasteiger partial charge in [-0.3, -0.25) is 9.40 Å². The minimum Gasteiger partial charge on any atom is -0.493 e. The van der Waals surface area contributed by atoms with Gasteiger partial charge in [-0.05, 0) is 6.07 Å². The van der Waals surface area contributed by atoms with Gasteiger partial charge in [-0.2, -0.15) is 0 Å². The summed E-state index contributed by atoms with van der Waals surface area (Å²) in [7, 11) is 1.58. The molecule has 1 aromatic rings. The molecule has 0 saturated heterocycles. The van der Waals surface area contributed by atoms with Crippen molar-refractivity contribution in [2.24, 2.45) is 0 Å². The van der Waals surface area contributed by atoms with Crippen LogP contribution < -0.4 is 5.73 Å². The van der Waals surface area contributed by atoms with Crippen LogP contribution in [0.1, 0.15) is 11.3 Å². The molecule has 2 N–H and O–H groups in total. The van der Waals surface area contributed by atoms with E-state index in [1.165, 1.54) is 4.42 Å². The molecule has 14 heavy (non-hydrogen) atoms. The lowest BCUT2D eigenvalue weighted by Gasteiger charge is -2.22. The van der Waals surface area contributed by atoms with E-state index in [9.17, 15) is 0 Å². The fraction of sp³-hybridized carbons (Fsp3) is 0.222. The van der Waals surface area contributed by atoms with Crippen molar-refractivity contribution >= 4 is 23.2 Å². The highest BCUT2D eigenvalue weighted by Crippen LogP contribution is 2.29. The molecule has 74 valence electrons. The van der Waals surface area contributed by atoms with E-state index in [4.69, 9.17) is 22.2 Å². The molecule has 0 spiro atoms. The van der Waals surface area contributed by atoms with Crippen LogP contribution in [0.15, 0.2) is 18.5 Å². The number of nitrogens with zero attached hydrogens (tertiary/aromatic N) is 2. The van der Waals surface area contributed by atoms with E-state index in [1.54, 1.807) is 25.6 Å². The number of nitrogen functional groups attached to an aromatic ring is 1. The fourth-order valence-corrected chi connectivity index (χ4v) is 1.63. The Balaban J connectivity index is 2.56. The Labute approximate surface area is 87.0 Å². The molecule has 1 aliphatic rings. The van der Waals surface area contributed by atoms with Crippen molar-refractivity contribution in [3.63, 3.8) is 0 Å². The van der Waals surface area contributed by atoms with Gasteiger partial charge in [0.05, 0.1) is 19.9 Å². The molecule has 1 aliphatic heterocycles. The molecule has 2 rings (SSSR count). The third kappa shape index (κ3) is 1.37. The molecule has 5 heteroatoms. The molecule has 0 fully saturated rings. The van der Waals surface area contributed by atoms with E-state index in [0.29, 0.717) is 18.0 Å². The number of pyridine rings is 1. The van der Waals surface area contributed by atoms with Crippen LogP contribution in [-0.2, 0) is 11.3 Å². The summed E-state index contributed by atoms with van der Waals surface area (Å²) in [5, 5.41) is 0. The Hall–Kier alpha value is -1.42. The topological polar surface area (TPSA) is 51.4 Å². The quantitative estimate of drug-likeness (QED) is 0.717. The second kappa shape index (κ2) is 3.38. The SMILES string of the molecule is COC1=CN(Cl)Cc2c(N)ccnc21. The molecule has 0 unspecified atom stereocenters. The van der Waals surface area contributed by atoms with Crippen LogP contribution in [0.3, 0.4) is 0 Å². The molecule has 0 atom stereocenters. The number of nitrogens with two attached hydrogens (primary N) is 1. The first-order valence-electron chi connectivity index (χ1n) is 4.14. The van der Waals surface area contributed by atoms with Crippen LogP contribution in [0.25, 0.3) is 5.76 Å². The molecule has 0 bridgehead atoms. The highest BCUT2D eigenvalue weighted by Gasteiger charge is 2.20. The summed E-state index contributed by atoms with van der Waals surface area (Å²) in [5.74, 6) is 0.633. The zero-order chi connectivity index (χ0) is 10.1. The lowest BCUT2D eigenvalue weighted by atomic mass is 10.1. The lowest BCUT2D eigenvalue weighted by Crippen LogP contribution is -2.16. The number of anilines is 1. The zero-order valence-corrected chi connectivity index (χ0v) is 8.45. The van der Waals surface area contributed by atoms with Gasteiger partial charge in [-0.25, -0.2) is 0 Å². The zero-order valence-electron chi connectivity index (χ0n) is 7.70. The van der Waals surface area contributed by atoms with Gasteiger partial charge in [0.15, 0.2) is 5.76 Å². The predicted molar refractivity (Wildman–Crippen MR) is 55.0 cm³/mol. The van der Waals surface area contributed by atoms with Crippen LogP contribution in [0.2, 0.25) is 0 Å². The summed E-state index contributed by atoms with van der Waals surface area (Å²) in [6.07, 6.45) is 3.35. The number of fused-ring (bicyclic) bond motifs is 1. The summed E-state index contributed by atoms with van der Waals surface area (Å²) in [5.41, 5.74) is 8.17. The van der Waals surface area contributed by atoms with Crippen LogP contribution >= 0.6 is 11.8 Å². The standard InChI is InChI=1S/C9H10ClN3O/c1-14-8-5-13(10)4-6-7(11)2-3-12-9(6)8/h2-3,5H,4H2,1H3,(H2,11,12). The van der Waals surface area contributed by atoms with E-state index < -0.39 is 0 Å². The third-order valence-corrected chi connectivity index (χ3v) is 2.33. The van der Waals surface area contributed by atoms with Gasteiger partial charge >= 0.3 is 0 Å². The van der Waals surface area contributed by atoms with Crippen LogP contribution in [0.5, 0.6) is 0 Å². The van der Waals surface area contributed by atoms with Gasteiger partial charge in [0.2, 0.25) is 0 Å². The maximum atomic E-state index is 5.88. The van der Waals surface area contributed by atoms with Crippen LogP contribution in [0.4, 0.5) is 5.69 Å². The molecular formula is C9H10ClN3O. The molecule has 0 aromatic carbocycles. The van der Waals surface area contributed by atoms with E-state index in [2.05, 4.69) is 4.98 Å². The Kier molecular flexibility index (Phi) is 2.21. The summed E-state index contributed by atoms with van der Waals surface area (Å²) >= 11 is 5.88.